The summed E-state index contributed by atoms with van der Waals surface area (Å²) in [4.78, 5) is 27.3. The molecule has 1 N–H and O–H groups in total. The summed E-state index contributed by atoms with van der Waals surface area (Å²) in [5.41, 5.74) is 0. The van der Waals surface area contributed by atoms with Crippen molar-refractivity contribution in [3.8, 4) is 0 Å². The van der Waals surface area contributed by atoms with Crippen LogP contribution >= 0.6 is 23.1 Å². The van der Waals surface area contributed by atoms with E-state index in [0.29, 0.717) is 0 Å². The fourth-order valence-corrected chi connectivity index (χ4v) is 2.89. The fraction of sp³-hybridized carbons (Fsp3) is 0.154. The van der Waals surface area contributed by atoms with Gasteiger partial charge in [0.05, 0.1) is 19.1 Å². The molecule has 1 aromatic carbocycles. The van der Waals surface area contributed by atoms with Gasteiger partial charge >= 0.3 is 5.97 Å². The summed E-state index contributed by atoms with van der Waals surface area (Å²) < 4.78 is 30.7. The molecule has 0 saturated heterocycles. The zero-order valence-corrected chi connectivity index (χ0v) is 12.9. The van der Waals surface area contributed by atoms with Crippen LogP contribution in [0, 0.1) is 11.6 Å². The summed E-state index contributed by atoms with van der Waals surface area (Å²) in [5.74, 6) is -2.43. The molecule has 0 aliphatic heterocycles. The number of benzene rings is 1. The first-order valence-corrected chi connectivity index (χ1v) is 7.71. The molecule has 1 heterocycles. The minimum absolute atomic E-state index is 0.0737. The Morgan fingerprint density at radius 2 is 2.18 bits per heavy atom. The van der Waals surface area contributed by atoms with Crippen LogP contribution in [0.5, 0.6) is 0 Å². The molecule has 9 heteroatoms. The molecule has 0 aliphatic rings. The SMILES string of the molecule is COC(=O)c1cnc(NC(=O)CSc2ccc(F)cc2F)s1. The quantitative estimate of drug-likeness (QED) is 0.667. The number of halogens is 2. The van der Waals surface area contributed by atoms with Crippen LogP contribution in [0.15, 0.2) is 29.3 Å². The third kappa shape index (κ3) is 4.25. The van der Waals surface area contributed by atoms with Gasteiger partial charge in [-0.2, -0.15) is 0 Å². The minimum atomic E-state index is -0.722. The number of thiazole rings is 1. The number of nitrogens with zero attached hydrogens (tertiary/aromatic N) is 1. The van der Waals surface area contributed by atoms with E-state index >= 15 is 0 Å². The highest BCUT2D eigenvalue weighted by atomic mass is 32.2. The van der Waals surface area contributed by atoms with E-state index in [-0.39, 0.29) is 20.7 Å². The third-order valence-electron chi connectivity index (χ3n) is 2.39. The van der Waals surface area contributed by atoms with Gasteiger partial charge in [0.2, 0.25) is 5.91 Å². The van der Waals surface area contributed by atoms with Gasteiger partial charge in [-0.25, -0.2) is 18.6 Å². The zero-order chi connectivity index (χ0) is 16.1. The molecule has 116 valence electrons. The third-order valence-corrected chi connectivity index (χ3v) is 4.33. The van der Waals surface area contributed by atoms with Crippen molar-refractivity contribution in [1.82, 2.24) is 4.98 Å². The summed E-state index contributed by atoms with van der Waals surface area (Å²) in [7, 11) is 1.24. The Hall–Kier alpha value is -2.00. The standard InChI is InChI=1S/C13H10F2N2O3S2/c1-20-12(19)10-5-16-13(22-10)17-11(18)6-21-9-3-2-7(14)4-8(9)15/h2-5H,6H2,1H3,(H,16,17,18). The number of carbonyl (C=O) groups is 2. The highest BCUT2D eigenvalue weighted by Gasteiger charge is 2.13. The molecule has 0 saturated carbocycles. The van der Waals surface area contributed by atoms with Crippen molar-refractivity contribution in [2.45, 2.75) is 4.90 Å². The number of thioether (sulfide) groups is 1. The summed E-state index contributed by atoms with van der Waals surface area (Å²) in [6.45, 7) is 0. The number of amides is 1. The molecule has 0 spiro atoms. The van der Waals surface area contributed by atoms with Gasteiger partial charge in [-0.1, -0.05) is 11.3 Å². The van der Waals surface area contributed by atoms with E-state index in [1.807, 2.05) is 0 Å². The summed E-state index contributed by atoms with van der Waals surface area (Å²) >= 11 is 1.90. The van der Waals surface area contributed by atoms with Crippen LogP contribution in [0.2, 0.25) is 0 Å². The van der Waals surface area contributed by atoms with Gasteiger partial charge in [-0.15, -0.1) is 11.8 Å². The Morgan fingerprint density at radius 3 is 2.86 bits per heavy atom. The molecule has 1 aromatic heterocycles. The predicted molar refractivity (Wildman–Crippen MR) is 79.2 cm³/mol. The average Bonchev–Trinajstić information content (AvgIpc) is 2.94. The number of hydrogen-bond acceptors (Lipinski definition) is 6. The second-order valence-corrected chi connectivity index (χ2v) is 5.98. The topological polar surface area (TPSA) is 68.3 Å². The molecule has 5 nitrogen and oxygen atoms in total. The van der Waals surface area contributed by atoms with Gasteiger partial charge in [0.25, 0.3) is 0 Å². The monoisotopic (exact) mass is 344 g/mol. The van der Waals surface area contributed by atoms with E-state index < -0.39 is 23.5 Å². The maximum absolute atomic E-state index is 13.4. The van der Waals surface area contributed by atoms with Crippen LogP contribution in [-0.2, 0) is 9.53 Å². The minimum Gasteiger partial charge on any atom is -0.465 e. The first-order chi connectivity index (χ1) is 10.5. The number of aromatic nitrogens is 1. The van der Waals surface area contributed by atoms with E-state index in [2.05, 4.69) is 15.0 Å². The van der Waals surface area contributed by atoms with Crippen molar-refractivity contribution in [1.29, 1.82) is 0 Å². The highest BCUT2D eigenvalue weighted by molar-refractivity contribution is 8.00. The van der Waals surface area contributed by atoms with Gasteiger partial charge in [0, 0.05) is 11.0 Å². The summed E-state index contributed by atoms with van der Waals surface area (Å²) in [6.07, 6.45) is 1.29. The highest BCUT2D eigenvalue weighted by Crippen LogP contribution is 2.23. The van der Waals surface area contributed by atoms with Crippen molar-refractivity contribution in [2.75, 3.05) is 18.2 Å². The van der Waals surface area contributed by atoms with Crippen LogP contribution in [0.4, 0.5) is 13.9 Å². The van der Waals surface area contributed by atoms with E-state index in [1.54, 1.807) is 0 Å². The fourth-order valence-electron chi connectivity index (χ4n) is 1.42. The van der Waals surface area contributed by atoms with Gasteiger partial charge in [0.15, 0.2) is 5.13 Å². The van der Waals surface area contributed by atoms with Crippen molar-refractivity contribution in [3.05, 3.63) is 40.9 Å². The molecule has 0 bridgehead atoms. The van der Waals surface area contributed by atoms with E-state index in [4.69, 9.17) is 0 Å². The first-order valence-electron chi connectivity index (χ1n) is 5.91. The van der Waals surface area contributed by atoms with E-state index in [0.717, 1.165) is 35.2 Å². The Labute approximate surface area is 132 Å². The van der Waals surface area contributed by atoms with Crippen molar-refractivity contribution >= 4 is 40.1 Å². The second kappa shape index (κ2) is 7.32. The van der Waals surface area contributed by atoms with E-state index in [1.165, 1.54) is 19.4 Å². The number of anilines is 1. The number of ether oxygens (including phenoxy) is 1. The summed E-state index contributed by atoms with van der Waals surface area (Å²) in [5, 5.41) is 2.73. The lowest BCUT2D eigenvalue weighted by Gasteiger charge is -2.03. The molecule has 0 unspecified atom stereocenters. The molecule has 0 radical (unpaired) electrons. The summed E-state index contributed by atoms with van der Waals surface area (Å²) in [6, 6.07) is 3.14. The number of hydrogen-bond donors (Lipinski definition) is 1. The van der Waals surface area contributed by atoms with Crippen LogP contribution in [0.25, 0.3) is 0 Å². The molecule has 0 aliphatic carbocycles. The Bertz CT molecular complexity index is 706. The van der Waals surface area contributed by atoms with Crippen LogP contribution in [0.1, 0.15) is 9.67 Å². The number of esters is 1. The molecule has 2 rings (SSSR count). The zero-order valence-electron chi connectivity index (χ0n) is 11.3. The van der Waals surface area contributed by atoms with Crippen LogP contribution in [-0.4, -0.2) is 29.7 Å². The first kappa shape index (κ1) is 16.4. The molecule has 0 atom stereocenters. The Kier molecular flexibility index (Phi) is 5.45. The number of carbonyl (C=O) groups excluding carboxylic acids is 2. The van der Waals surface area contributed by atoms with Crippen LogP contribution in [0.3, 0.4) is 0 Å². The molecular weight excluding hydrogens is 334 g/mol. The van der Waals surface area contributed by atoms with Gasteiger partial charge in [-0.05, 0) is 12.1 Å². The van der Waals surface area contributed by atoms with Gasteiger partial charge in [-0.3, -0.25) is 4.79 Å². The van der Waals surface area contributed by atoms with Gasteiger partial charge in [0.1, 0.15) is 16.5 Å². The molecule has 0 fully saturated rings. The Morgan fingerprint density at radius 1 is 1.41 bits per heavy atom. The Balaban J connectivity index is 1.90. The maximum Gasteiger partial charge on any atom is 0.349 e. The maximum atomic E-state index is 13.4. The smallest absolute Gasteiger partial charge is 0.349 e. The van der Waals surface area contributed by atoms with Crippen LogP contribution < -0.4 is 5.32 Å². The lowest BCUT2D eigenvalue weighted by Crippen LogP contribution is -2.13. The molecule has 22 heavy (non-hydrogen) atoms. The lowest BCUT2D eigenvalue weighted by molar-refractivity contribution is -0.113. The normalized spacial score (nSPS) is 10.3. The number of rotatable bonds is 5. The molecular formula is C13H10F2N2O3S2. The van der Waals surface area contributed by atoms with E-state index in [9.17, 15) is 18.4 Å². The van der Waals surface area contributed by atoms with Crippen molar-refractivity contribution in [3.63, 3.8) is 0 Å². The van der Waals surface area contributed by atoms with Gasteiger partial charge < -0.3 is 10.1 Å². The molecule has 2 aromatic rings. The lowest BCUT2D eigenvalue weighted by atomic mass is 10.3. The average molecular weight is 344 g/mol. The molecule has 1 amide bonds. The largest absolute Gasteiger partial charge is 0.465 e. The number of nitrogens with one attached hydrogen (secondary N) is 1. The van der Waals surface area contributed by atoms with Crippen molar-refractivity contribution < 1.29 is 23.1 Å². The predicted octanol–water partition coefficient (Wildman–Crippen LogP) is 2.94. The second-order valence-electron chi connectivity index (χ2n) is 3.93. The van der Waals surface area contributed by atoms with Crippen molar-refractivity contribution in [2.24, 2.45) is 0 Å². The number of methoxy groups -OCH3 is 1.